The van der Waals surface area contributed by atoms with E-state index in [-0.39, 0.29) is 13.1 Å². The Bertz CT molecular complexity index is 367. The number of hydrogen-bond donors (Lipinski definition) is 2. The number of carbonyl (C=O) groups excluding carboxylic acids is 1. The molecule has 1 aliphatic carbocycles. The molecule has 1 fully saturated rings. The molecule has 0 aromatic heterocycles. The van der Waals surface area contributed by atoms with Crippen LogP contribution in [0, 0.1) is 5.41 Å². The van der Waals surface area contributed by atoms with Gasteiger partial charge in [-0.25, -0.2) is 4.79 Å². The minimum absolute atomic E-state index is 0.0224. The lowest BCUT2D eigenvalue weighted by molar-refractivity contribution is -0.154. The van der Waals surface area contributed by atoms with Gasteiger partial charge in [-0.2, -0.15) is 13.2 Å². The molecule has 0 saturated heterocycles. The van der Waals surface area contributed by atoms with Crippen LogP contribution in [0.2, 0.25) is 0 Å². The smallest absolute Gasteiger partial charge is 0.406 e. The third-order valence-electron chi connectivity index (χ3n) is 3.49. The summed E-state index contributed by atoms with van der Waals surface area (Å²) in [6.07, 6.45) is -2.43. The predicted octanol–water partition coefficient (Wildman–Crippen LogP) is 2.23. The minimum Gasteiger partial charge on any atom is -0.481 e. The molecule has 0 heterocycles. The highest BCUT2D eigenvalue weighted by atomic mass is 19.4. The van der Waals surface area contributed by atoms with Gasteiger partial charge in [-0.05, 0) is 19.3 Å². The van der Waals surface area contributed by atoms with Gasteiger partial charge < -0.3 is 15.3 Å². The van der Waals surface area contributed by atoms with E-state index >= 15 is 0 Å². The Hall–Kier alpha value is -1.47. The van der Waals surface area contributed by atoms with Gasteiger partial charge in [0.05, 0.1) is 5.41 Å². The summed E-state index contributed by atoms with van der Waals surface area (Å²) < 4.78 is 37.1. The number of halogens is 3. The van der Waals surface area contributed by atoms with Crippen molar-refractivity contribution in [2.24, 2.45) is 5.41 Å². The molecular formula is C12H19F3N2O3. The molecule has 1 rings (SSSR count). The predicted molar refractivity (Wildman–Crippen MR) is 65.2 cm³/mol. The second-order valence-electron chi connectivity index (χ2n) is 5.13. The first-order chi connectivity index (χ1) is 9.20. The fourth-order valence-corrected chi connectivity index (χ4v) is 2.17. The van der Waals surface area contributed by atoms with E-state index in [1.807, 2.05) is 0 Å². The van der Waals surface area contributed by atoms with Crippen LogP contribution >= 0.6 is 0 Å². The quantitative estimate of drug-likeness (QED) is 0.789. The lowest BCUT2D eigenvalue weighted by atomic mass is 9.69. The molecule has 0 spiro atoms. The van der Waals surface area contributed by atoms with Crippen molar-refractivity contribution in [1.82, 2.24) is 10.2 Å². The first kappa shape index (κ1) is 16.6. The average Bonchev–Trinajstić information content (AvgIpc) is 2.24. The summed E-state index contributed by atoms with van der Waals surface area (Å²) in [7, 11) is 0. The number of rotatable bonds is 6. The molecule has 0 atom stereocenters. The SMILES string of the molecule is CCCN(CC(F)(F)F)C(=O)NCC1(C(=O)O)CCC1. The molecule has 1 saturated carbocycles. The van der Waals surface area contributed by atoms with Crippen molar-refractivity contribution in [3.8, 4) is 0 Å². The molecule has 0 radical (unpaired) electrons. The largest absolute Gasteiger partial charge is 0.481 e. The van der Waals surface area contributed by atoms with Crippen molar-refractivity contribution in [2.75, 3.05) is 19.6 Å². The van der Waals surface area contributed by atoms with Gasteiger partial charge in [0.1, 0.15) is 6.54 Å². The Morgan fingerprint density at radius 2 is 1.95 bits per heavy atom. The van der Waals surface area contributed by atoms with Crippen LogP contribution in [0.1, 0.15) is 32.6 Å². The molecule has 1 aliphatic rings. The van der Waals surface area contributed by atoms with Crippen LogP contribution in [-0.2, 0) is 4.79 Å². The fourth-order valence-electron chi connectivity index (χ4n) is 2.17. The number of amides is 2. The molecule has 116 valence electrons. The van der Waals surface area contributed by atoms with Crippen LogP contribution in [0.25, 0.3) is 0 Å². The van der Waals surface area contributed by atoms with E-state index in [1.54, 1.807) is 6.92 Å². The third kappa shape index (κ3) is 4.28. The monoisotopic (exact) mass is 296 g/mol. The lowest BCUT2D eigenvalue weighted by Gasteiger charge is -2.38. The summed E-state index contributed by atoms with van der Waals surface area (Å²) in [5.41, 5.74) is -1.01. The van der Waals surface area contributed by atoms with Crippen LogP contribution in [-0.4, -0.2) is 47.8 Å². The van der Waals surface area contributed by atoms with E-state index in [0.717, 1.165) is 6.42 Å². The number of nitrogens with one attached hydrogen (secondary N) is 1. The van der Waals surface area contributed by atoms with Crippen LogP contribution in [0.3, 0.4) is 0 Å². The Labute approximate surface area is 115 Å². The van der Waals surface area contributed by atoms with E-state index < -0.39 is 30.1 Å². The zero-order chi connectivity index (χ0) is 15.4. The molecule has 8 heteroatoms. The second-order valence-corrected chi connectivity index (χ2v) is 5.13. The molecule has 5 nitrogen and oxygen atoms in total. The first-order valence-electron chi connectivity index (χ1n) is 6.53. The maximum atomic E-state index is 12.4. The summed E-state index contributed by atoms with van der Waals surface area (Å²) in [5, 5.41) is 11.4. The Morgan fingerprint density at radius 1 is 1.35 bits per heavy atom. The van der Waals surface area contributed by atoms with Crippen molar-refractivity contribution in [3.05, 3.63) is 0 Å². The highest BCUT2D eigenvalue weighted by Crippen LogP contribution is 2.40. The third-order valence-corrected chi connectivity index (χ3v) is 3.49. The highest BCUT2D eigenvalue weighted by Gasteiger charge is 2.45. The summed E-state index contributed by atoms with van der Waals surface area (Å²) in [5.74, 6) is -1.01. The number of aliphatic carboxylic acids is 1. The lowest BCUT2D eigenvalue weighted by Crippen LogP contribution is -2.52. The summed E-state index contributed by atoms with van der Waals surface area (Å²) in [4.78, 5) is 23.5. The molecule has 20 heavy (non-hydrogen) atoms. The van der Waals surface area contributed by atoms with E-state index in [9.17, 15) is 22.8 Å². The molecule has 2 amide bonds. The molecule has 0 bridgehead atoms. The topological polar surface area (TPSA) is 69.6 Å². The second kappa shape index (κ2) is 6.32. The Morgan fingerprint density at radius 3 is 2.30 bits per heavy atom. The summed E-state index contributed by atoms with van der Waals surface area (Å²) in [6, 6.07) is -0.864. The highest BCUT2D eigenvalue weighted by molar-refractivity contribution is 5.79. The number of carboxylic acid groups (broad SMARTS) is 1. The maximum absolute atomic E-state index is 12.4. The van der Waals surface area contributed by atoms with Crippen molar-refractivity contribution >= 4 is 12.0 Å². The first-order valence-corrected chi connectivity index (χ1v) is 6.53. The maximum Gasteiger partial charge on any atom is 0.406 e. The Balaban J connectivity index is 2.56. The molecular weight excluding hydrogens is 277 g/mol. The van der Waals surface area contributed by atoms with Crippen LogP contribution in [0.4, 0.5) is 18.0 Å². The summed E-state index contributed by atoms with van der Waals surface area (Å²) in [6.45, 7) is 0.193. The molecule has 0 aliphatic heterocycles. The molecule has 2 N–H and O–H groups in total. The minimum atomic E-state index is -4.46. The average molecular weight is 296 g/mol. The van der Waals surface area contributed by atoms with E-state index in [1.165, 1.54) is 0 Å². The van der Waals surface area contributed by atoms with Gasteiger partial charge in [-0.1, -0.05) is 13.3 Å². The van der Waals surface area contributed by atoms with E-state index in [2.05, 4.69) is 5.32 Å². The molecule has 0 aromatic rings. The van der Waals surface area contributed by atoms with Gasteiger partial charge in [-0.3, -0.25) is 4.79 Å². The van der Waals surface area contributed by atoms with E-state index in [0.29, 0.717) is 24.2 Å². The van der Waals surface area contributed by atoms with Crippen molar-refractivity contribution in [2.45, 2.75) is 38.8 Å². The van der Waals surface area contributed by atoms with Crippen molar-refractivity contribution in [1.29, 1.82) is 0 Å². The van der Waals surface area contributed by atoms with Gasteiger partial charge in [0.15, 0.2) is 0 Å². The van der Waals surface area contributed by atoms with Gasteiger partial charge >= 0.3 is 18.2 Å². The number of nitrogens with zero attached hydrogens (tertiary/aromatic N) is 1. The number of alkyl halides is 3. The van der Waals surface area contributed by atoms with Crippen LogP contribution < -0.4 is 5.32 Å². The Kier molecular flexibility index (Phi) is 5.24. The normalized spacial score (nSPS) is 17.2. The summed E-state index contributed by atoms with van der Waals surface area (Å²) >= 11 is 0. The van der Waals surface area contributed by atoms with Gasteiger partial charge in [0.2, 0.25) is 0 Å². The van der Waals surface area contributed by atoms with Crippen LogP contribution in [0.15, 0.2) is 0 Å². The van der Waals surface area contributed by atoms with E-state index in [4.69, 9.17) is 5.11 Å². The van der Waals surface area contributed by atoms with Crippen molar-refractivity contribution < 1.29 is 27.9 Å². The van der Waals surface area contributed by atoms with Gasteiger partial charge in [-0.15, -0.1) is 0 Å². The number of urea groups is 1. The van der Waals surface area contributed by atoms with Gasteiger partial charge in [0.25, 0.3) is 0 Å². The number of carbonyl (C=O) groups is 2. The zero-order valence-corrected chi connectivity index (χ0v) is 11.3. The van der Waals surface area contributed by atoms with Crippen LogP contribution in [0.5, 0.6) is 0 Å². The molecule has 0 unspecified atom stereocenters. The number of hydrogen-bond acceptors (Lipinski definition) is 2. The number of carboxylic acids is 1. The van der Waals surface area contributed by atoms with Gasteiger partial charge in [0, 0.05) is 13.1 Å². The standard InChI is InChI=1S/C12H19F3N2O3/c1-2-6-17(8-12(13,14)15)10(20)16-7-11(9(18)19)4-3-5-11/h2-8H2,1H3,(H,16,20)(H,18,19). The van der Waals surface area contributed by atoms with Crippen molar-refractivity contribution in [3.63, 3.8) is 0 Å². The fraction of sp³-hybridized carbons (Fsp3) is 0.833. The zero-order valence-electron chi connectivity index (χ0n) is 11.3. The molecule has 0 aromatic carbocycles.